The fourth-order valence-electron chi connectivity index (χ4n) is 4.86. The van der Waals surface area contributed by atoms with Gasteiger partial charge < -0.3 is 41.6 Å². The largest absolute Gasteiger partial charge is 0.530 e. The van der Waals surface area contributed by atoms with E-state index in [4.69, 9.17) is 46.1 Å². The summed E-state index contributed by atoms with van der Waals surface area (Å²) in [4.78, 5) is 45.7. The lowest BCUT2D eigenvalue weighted by Gasteiger charge is -2.22. The normalized spacial score (nSPS) is 11.1. The first-order valence-electron chi connectivity index (χ1n) is 16.6. The second kappa shape index (κ2) is 19.9. The van der Waals surface area contributed by atoms with Crippen LogP contribution in [0.4, 0.5) is 5.69 Å². The molecule has 0 bridgehead atoms. The zero-order valence-corrected chi connectivity index (χ0v) is 32.9. The lowest BCUT2D eigenvalue weighted by atomic mass is 10.2. The van der Waals surface area contributed by atoms with Gasteiger partial charge in [0, 0.05) is 28.3 Å². The zero-order chi connectivity index (χ0) is 40.9. The monoisotopic (exact) mass is 819 g/mol. The fraction of sp³-hybridized carbons (Fsp3) is 0.154. The van der Waals surface area contributed by atoms with E-state index in [9.17, 15) is 24.5 Å². The molecule has 296 valence electrons. The van der Waals surface area contributed by atoms with Crippen LogP contribution >= 0.6 is 17.2 Å². The number of hydrogen-bond acceptors (Lipinski definition) is 15. The first-order valence-corrected chi connectivity index (χ1v) is 18.8. The van der Waals surface area contributed by atoms with Crippen molar-refractivity contribution < 1.29 is 65.4 Å². The van der Waals surface area contributed by atoms with Crippen LogP contribution in [-0.2, 0) is 11.1 Å². The average Bonchev–Trinajstić information content (AvgIpc) is 3.23. The number of aryl methyl sites for hydroxylation is 1. The summed E-state index contributed by atoms with van der Waals surface area (Å²) in [5.74, 6) is 1.54. The number of non-ortho nitro benzene ring substituents is 1. The molecule has 0 radical (unpaired) electrons. The average molecular weight is 820 g/mol. The van der Waals surface area contributed by atoms with E-state index in [1.165, 1.54) is 95.2 Å². The maximum Gasteiger partial charge on any atom is 0.530 e. The van der Waals surface area contributed by atoms with Gasteiger partial charge in [-0.05, 0) is 85.3 Å². The summed E-state index contributed by atoms with van der Waals surface area (Å²) >= 11 is 0. The molecule has 0 aromatic heterocycles. The van der Waals surface area contributed by atoms with Gasteiger partial charge >= 0.3 is 17.2 Å². The number of rotatable bonds is 21. The SMILES string of the molecule is COc1cc(C)ccc1OP(OCc1ccc([N+](=O)[O-])cc1OP(Oc1ccc(C=O)cc1OC)Oc1ccc(C=O)cc1OC)Oc1ccc(C=O)cc1OC. The Hall–Kier alpha value is -6.47. The number of carbonyl (C=O) groups excluding carboxylic acids is 3. The molecule has 1 atom stereocenters. The Morgan fingerprint density at radius 3 is 1.33 bits per heavy atom. The van der Waals surface area contributed by atoms with E-state index in [0.29, 0.717) is 41.3 Å². The molecule has 0 saturated carbocycles. The van der Waals surface area contributed by atoms with Crippen molar-refractivity contribution in [2.75, 3.05) is 28.4 Å². The van der Waals surface area contributed by atoms with Gasteiger partial charge in [-0.2, -0.15) is 0 Å². The number of nitro benzene ring substituents is 1. The molecule has 0 aliphatic rings. The Morgan fingerprint density at radius 1 is 0.509 bits per heavy atom. The van der Waals surface area contributed by atoms with Crippen molar-refractivity contribution >= 4 is 41.8 Å². The van der Waals surface area contributed by atoms with Crippen LogP contribution in [0.1, 0.15) is 42.2 Å². The molecular formula is C39H35NO15P2. The number of nitrogens with zero attached hydrogens (tertiary/aromatic N) is 1. The third-order valence-electron chi connectivity index (χ3n) is 7.74. The number of carbonyl (C=O) groups is 3. The lowest BCUT2D eigenvalue weighted by Crippen LogP contribution is -2.07. The minimum absolute atomic E-state index is 0.0851. The Balaban J connectivity index is 1.53. The van der Waals surface area contributed by atoms with Gasteiger partial charge in [0.1, 0.15) is 24.6 Å². The van der Waals surface area contributed by atoms with Crippen LogP contribution < -0.4 is 41.6 Å². The lowest BCUT2D eigenvalue weighted by molar-refractivity contribution is -0.384. The predicted molar refractivity (Wildman–Crippen MR) is 208 cm³/mol. The van der Waals surface area contributed by atoms with E-state index in [1.54, 1.807) is 18.2 Å². The van der Waals surface area contributed by atoms with E-state index in [-0.39, 0.29) is 63.9 Å². The molecule has 0 heterocycles. The number of nitro groups is 1. The fourth-order valence-corrected chi connectivity index (χ4v) is 6.94. The third-order valence-corrected chi connectivity index (χ3v) is 9.81. The third kappa shape index (κ3) is 10.9. The molecule has 0 amide bonds. The standard InChI is InChI=1S/C39H35NO15P2/c1-25-6-12-31(36(16-25)46-2)51-56(52-32-13-7-26(21-41)17-37(32)47-3)50-24-29-10-11-30(40(44)45)20-35(29)55-57(53-33-14-8-27(22-42)18-38(33)48-4)54-34-15-9-28(23-43)19-39(34)49-5/h6-23H,24H2,1-5H3. The molecule has 16 nitrogen and oxygen atoms in total. The van der Waals surface area contributed by atoms with Crippen molar-refractivity contribution in [1.29, 1.82) is 0 Å². The highest BCUT2D eigenvalue weighted by atomic mass is 31.2. The summed E-state index contributed by atoms with van der Waals surface area (Å²) in [7, 11) is 0.721. The second-order valence-electron chi connectivity index (χ2n) is 11.5. The Morgan fingerprint density at radius 2 is 0.912 bits per heavy atom. The molecule has 5 aromatic carbocycles. The predicted octanol–water partition coefficient (Wildman–Crippen LogP) is 9.04. The van der Waals surface area contributed by atoms with Crippen LogP contribution in [0.2, 0.25) is 0 Å². The summed E-state index contributed by atoms with van der Waals surface area (Å²) in [6.07, 6.45) is 1.92. The molecular weight excluding hydrogens is 784 g/mol. The first-order chi connectivity index (χ1) is 27.6. The Kier molecular flexibility index (Phi) is 14.6. The maximum atomic E-state index is 12.0. The molecule has 0 spiro atoms. The number of hydrogen-bond donors (Lipinski definition) is 0. The van der Waals surface area contributed by atoms with E-state index >= 15 is 0 Å². The Labute approximate surface area is 329 Å². The van der Waals surface area contributed by atoms with Gasteiger partial charge in [-0.15, -0.1) is 0 Å². The van der Waals surface area contributed by atoms with Crippen LogP contribution in [0.3, 0.4) is 0 Å². The van der Waals surface area contributed by atoms with Gasteiger partial charge in [0.2, 0.25) is 0 Å². The smallest absolute Gasteiger partial charge is 0.493 e. The summed E-state index contributed by atoms with van der Waals surface area (Å²) in [5.41, 5.74) is 1.79. The van der Waals surface area contributed by atoms with Gasteiger partial charge in [0.25, 0.3) is 5.69 Å². The number of aldehydes is 3. The molecule has 0 saturated heterocycles. The first kappa shape index (κ1) is 41.7. The molecule has 1 unspecified atom stereocenters. The van der Waals surface area contributed by atoms with E-state index < -0.39 is 22.1 Å². The van der Waals surface area contributed by atoms with Gasteiger partial charge in [0.05, 0.1) is 46.0 Å². The van der Waals surface area contributed by atoms with E-state index in [0.717, 1.165) is 11.6 Å². The van der Waals surface area contributed by atoms with Crippen molar-refractivity contribution in [3.05, 3.63) is 129 Å². The van der Waals surface area contributed by atoms with Crippen molar-refractivity contribution in [2.45, 2.75) is 13.5 Å². The van der Waals surface area contributed by atoms with Crippen LogP contribution in [0.15, 0.2) is 91.0 Å². The minimum Gasteiger partial charge on any atom is -0.493 e. The molecule has 5 aromatic rings. The zero-order valence-electron chi connectivity index (χ0n) is 31.1. The van der Waals surface area contributed by atoms with Gasteiger partial charge in [-0.25, -0.2) is 0 Å². The molecule has 0 aliphatic heterocycles. The second-order valence-corrected chi connectivity index (χ2v) is 13.5. The number of methoxy groups -OCH3 is 4. The highest BCUT2D eigenvalue weighted by Crippen LogP contribution is 2.51. The summed E-state index contributed by atoms with van der Waals surface area (Å²) in [5, 5.41) is 12.0. The molecule has 57 heavy (non-hydrogen) atoms. The van der Waals surface area contributed by atoms with Crippen molar-refractivity contribution in [2.24, 2.45) is 0 Å². The highest BCUT2D eigenvalue weighted by Gasteiger charge is 2.28. The minimum atomic E-state index is -2.57. The van der Waals surface area contributed by atoms with Crippen LogP contribution in [-0.4, -0.2) is 52.2 Å². The van der Waals surface area contributed by atoms with Gasteiger partial charge in [-0.3, -0.25) is 29.0 Å². The maximum absolute atomic E-state index is 12.0. The molecule has 0 N–H and O–H groups in total. The molecule has 0 fully saturated rings. The highest BCUT2D eigenvalue weighted by molar-refractivity contribution is 7.43. The number of ether oxygens (including phenoxy) is 4. The van der Waals surface area contributed by atoms with Crippen molar-refractivity contribution in [1.82, 2.24) is 0 Å². The summed E-state index contributed by atoms with van der Waals surface area (Å²) in [6.45, 7) is 1.58. The molecule has 0 aliphatic carbocycles. The topological polar surface area (TPSA) is 187 Å². The quantitative estimate of drug-likeness (QED) is 0.0295. The van der Waals surface area contributed by atoms with Crippen LogP contribution in [0.5, 0.6) is 51.7 Å². The van der Waals surface area contributed by atoms with E-state index in [1.807, 2.05) is 6.92 Å². The van der Waals surface area contributed by atoms with E-state index in [2.05, 4.69) is 0 Å². The number of benzene rings is 5. The van der Waals surface area contributed by atoms with Crippen molar-refractivity contribution in [3.63, 3.8) is 0 Å². The summed E-state index contributed by atoms with van der Waals surface area (Å²) in [6, 6.07) is 22.4. The van der Waals surface area contributed by atoms with Crippen LogP contribution in [0.25, 0.3) is 0 Å². The molecule has 18 heteroatoms. The van der Waals surface area contributed by atoms with Crippen LogP contribution in [0, 0.1) is 17.0 Å². The summed E-state index contributed by atoms with van der Waals surface area (Å²) < 4.78 is 59.0. The molecule has 5 rings (SSSR count). The van der Waals surface area contributed by atoms with Gasteiger partial charge in [-0.1, -0.05) is 6.07 Å². The Bertz CT molecular complexity index is 2170. The van der Waals surface area contributed by atoms with Crippen molar-refractivity contribution in [3.8, 4) is 51.7 Å². The van der Waals surface area contributed by atoms with Gasteiger partial charge in [0.15, 0.2) is 46.0 Å².